The van der Waals surface area contributed by atoms with Gasteiger partial charge in [-0.25, -0.2) is 9.59 Å². The molecule has 3 aromatic rings. The number of rotatable bonds is 7. The molecule has 9 heteroatoms. The molecule has 0 radical (unpaired) electrons. The molecular weight excluding hydrogens is 414 g/mol. The second-order valence-corrected chi connectivity index (χ2v) is 6.91. The van der Waals surface area contributed by atoms with Crippen LogP contribution in [0.1, 0.15) is 22.8 Å². The van der Waals surface area contributed by atoms with Crippen molar-refractivity contribution in [2.24, 2.45) is 0 Å². The zero-order valence-corrected chi connectivity index (χ0v) is 17.1. The zero-order valence-electron chi connectivity index (χ0n) is 17.1. The van der Waals surface area contributed by atoms with Crippen molar-refractivity contribution in [2.75, 3.05) is 5.32 Å². The summed E-state index contributed by atoms with van der Waals surface area (Å²) in [5.41, 5.74) is 1.34. The van der Waals surface area contributed by atoms with E-state index in [1.54, 1.807) is 24.3 Å². The van der Waals surface area contributed by atoms with Gasteiger partial charge in [-0.3, -0.25) is 9.59 Å². The summed E-state index contributed by atoms with van der Waals surface area (Å²) in [7, 11) is 0. The number of nitrogens with one attached hydrogen (secondary N) is 3. The number of H-pyrrole nitrogens is 1. The number of hydrogen-bond donors (Lipinski definition) is 4. The van der Waals surface area contributed by atoms with Crippen molar-refractivity contribution < 1.29 is 24.2 Å². The first-order valence-electron chi connectivity index (χ1n) is 9.68. The highest BCUT2D eigenvalue weighted by Crippen LogP contribution is 2.19. The Hall–Kier alpha value is -4.40. The third kappa shape index (κ3) is 5.82. The molecule has 1 heterocycles. The van der Waals surface area contributed by atoms with E-state index < -0.39 is 29.6 Å². The largest absolute Gasteiger partial charge is 0.477 e. The average Bonchev–Trinajstić information content (AvgIpc) is 2.78. The van der Waals surface area contributed by atoms with E-state index in [4.69, 9.17) is 9.84 Å². The van der Waals surface area contributed by atoms with Crippen LogP contribution in [0, 0.1) is 0 Å². The first-order chi connectivity index (χ1) is 15.3. The maximum absolute atomic E-state index is 12.3. The van der Waals surface area contributed by atoms with Crippen LogP contribution in [0.3, 0.4) is 0 Å². The fourth-order valence-electron chi connectivity index (χ4n) is 2.80. The minimum Gasteiger partial charge on any atom is -0.477 e. The Labute approximate surface area is 183 Å². The van der Waals surface area contributed by atoms with Crippen molar-refractivity contribution in [2.45, 2.75) is 19.6 Å². The number of ether oxygens (including phenoxy) is 1. The molecule has 1 aromatic heterocycles. The van der Waals surface area contributed by atoms with Gasteiger partial charge in [0.15, 0.2) is 0 Å². The van der Waals surface area contributed by atoms with Gasteiger partial charge in [0, 0.05) is 11.4 Å². The maximum Gasteiger partial charge on any atom is 0.408 e. The topological polar surface area (TPSA) is 138 Å². The van der Waals surface area contributed by atoms with Gasteiger partial charge in [-0.1, -0.05) is 42.5 Å². The number of pyridine rings is 1. The van der Waals surface area contributed by atoms with Crippen LogP contribution in [0.5, 0.6) is 0 Å². The van der Waals surface area contributed by atoms with E-state index in [0.717, 1.165) is 5.56 Å². The predicted octanol–water partition coefficient (Wildman–Crippen LogP) is 2.99. The molecule has 0 bridgehead atoms. The number of alkyl carbamates (subject to hydrolysis) is 1. The molecular formula is C23H21N3O6. The number of carbonyl (C=O) groups excluding carboxylic acids is 2. The number of benzene rings is 2. The summed E-state index contributed by atoms with van der Waals surface area (Å²) in [6.45, 7) is 1.63. The van der Waals surface area contributed by atoms with Gasteiger partial charge < -0.3 is 25.5 Å². The maximum atomic E-state index is 12.3. The van der Waals surface area contributed by atoms with Crippen LogP contribution in [0.15, 0.2) is 71.5 Å². The van der Waals surface area contributed by atoms with E-state index in [1.807, 2.05) is 30.3 Å². The Bertz CT molecular complexity index is 1170. The smallest absolute Gasteiger partial charge is 0.408 e. The van der Waals surface area contributed by atoms with E-state index >= 15 is 0 Å². The molecule has 0 unspecified atom stereocenters. The van der Waals surface area contributed by atoms with Crippen molar-refractivity contribution in [3.63, 3.8) is 0 Å². The summed E-state index contributed by atoms with van der Waals surface area (Å²) < 4.78 is 5.10. The fourth-order valence-corrected chi connectivity index (χ4v) is 2.80. The molecule has 164 valence electrons. The molecule has 0 fully saturated rings. The van der Waals surface area contributed by atoms with Crippen LogP contribution in [-0.2, 0) is 16.1 Å². The van der Waals surface area contributed by atoms with E-state index in [1.165, 1.54) is 19.1 Å². The molecule has 0 saturated heterocycles. The van der Waals surface area contributed by atoms with Gasteiger partial charge in [0.2, 0.25) is 5.91 Å². The summed E-state index contributed by atoms with van der Waals surface area (Å²) in [5.74, 6) is -1.74. The standard InChI is InChI=1S/C23H21N3O6/c1-14(24-23(31)32-13-15-5-3-2-4-6-15)20(27)25-17-9-7-16(8-10-17)19-12-11-18(22(29)30)21(28)26-19/h2-12,14H,13H2,1H3,(H,24,31)(H,25,27)(H,26,28)(H,29,30)/t14-/m1/s1. The van der Waals surface area contributed by atoms with E-state index in [9.17, 15) is 19.2 Å². The van der Waals surface area contributed by atoms with Crippen LogP contribution in [0.2, 0.25) is 0 Å². The first kappa shape index (κ1) is 22.3. The van der Waals surface area contributed by atoms with Crippen molar-refractivity contribution in [1.29, 1.82) is 0 Å². The van der Waals surface area contributed by atoms with Gasteiger partial charge in [-0.05, 0) is 42.3 Å². The molecule has 0 aliphatic rings. The molecule has 4 N–H and O–H groups in total. The Morgan fingerprint density at radius 2 is 1.69 bits per heavy atom. The SMILES string of the molecule is C[C@@H](NC(=O)OCc1ccccc1)C(=O)Nc1ccc(-c2ccc(C(=O)O)c(=O)[nH]2)cc1. The lowest BCUT2D eigenvalue weighted by Crippen LogP contribution is -2.41. The quantitative estimate of drug-likeness (QED) is 0.450. The van der Waals surface area contributed by atoms with Crippen LogP contribution < -0.4 is 16.2 Å². The highest BCUT2D eigenvalue weighted by atomic mass is 16.5. The number of carbonyl (C=O) groups is 3. The van der Waals surface area contributed by atoms with Crippen molar-refractivity contribution in [1.82, 2.24) is 10.3 Å². The second-order valence-electron chi connectivity index (χ2n) is 6.91. The van der Waals surface area contributed by atoms with Gasteiger partial charge in [-0.2, -0.15) is 0 Å². The third-order valence-electron chi connectivity index (χ3n) is 4.54. The summed E-state index contributed by atoms with van der Waals surface area (Å²) in [5, 5.41) is 14.1. The summed E-state index contributed by atoms with van der Waals surface area (Å²) >= 11 is 0. The Kier molecular flexibility index (Phi) is 7.02. The molecule has 32 heavy (non-hydrogen) atoms. The molecule has 0 aliphatic heterocycles. The van der Waals surface area contributed by atoms with Crippen molar-refractivity contribution >= 4 is 23.7 Å². The molecule has 1 atom stereocenters. The number of aromatic nitrogens is 1. The lowest BCUT2D eigenvalue weighted by Gasteiger charge is -2.14. The number of hydrogen-bond acceptors (Lipinski definition) is 5. The molecule has 9 nitrogen and oxygen atoms in total. The monoisotopic (exact) mass is 435 g/mol. The Balaban J connectivity index is 1.54. The average molecular weight is 435 g/mol. The summed E-state index contributed by atoms with van der Waals surface area (Å²) in [6.07, 6.45) is -0.708. The van der Waals surface area contributed by atoms with Gasteiger partial charge in [0.1, 0.15) is 18.2 Å². The van der Waals surface area contributed by atoms with Gasteiger partial charge >= 0.3 is 12.1 Å². The Morgan fingerprint density at radius 1 is 1.00 bits per heavy atom. The third-order valence-corrected chi connectivity index (χ3v) is 4.54. The number of amides is 2. The number of anilines is 1. The van der Waals surface area contributed by atoms with Crippen molar-refractivity contribution in [3.05, 3.63) is 88.2 Å². The van der Waals surface area contributed by atoms with Crippen molar-refractivity contribution in [3.8, 4) is 11.3 Å². The Morgan fingerprint density at radius 3 is 2.31 bits per heavy atom. The molecule has 0 spiro atoms. The molecule has 0 saturated carbocycles. The van der Waals surface area contributed by atoms with Gasteiger partial charge in [0.05, 0.1) is 0 Å². The van der Waals surface area contributed by atoms with E-state index in [0.29, 0.717) is 16.9 Å². The van der Waals surface area contributed by atoms with E-state index in [-0.39, 0.29) is 12.2 Å². The molecule has 3 rings (SSSR count). The van der Waals surface area contributed by atoms with Crippen LogP contribution in [0.25, 0.3) is 11.3 Å². The predicted molar refractivity (Wildman–Crippen MR) is 117 cm³/mol. The van der Waals surface area contributed by atoms with Crippen LogP contribution in [0.4, 0.5) is 10.5 Å². The zero-order chi connectivity index (χ0) is 23.1. The lowest BCUT2D eigenvalue weighted by molar-refractivity contribution is -0.117. The van der Waals surface area contributed by atoms with Gasteiger partial charge in [0.25, 0.3) is 5.56 Å². The minimum atomic E-state index is -1.30. The van der Waals surface area contributed by atoms with E-state index in [2.05, 4.69) is 15.6 Å². The van der Waals surface area contributed by atoms with Crippen LogP contribution >= 0.6 is 0 Å². The lowest BCUT2D eigenvalue weighted by atomic mass is 10.1. The number of aromatic amines is 1. The fraction of sp³-hybridized carbons (Fsp3) is 0.130. The molecule has 0 aliphatic carbocycles. The second kappa shape index (κ2) is 10.1. The normalized spacial score (nSPS) is 11.3. The number of aromatic carboxylic acids is 1. The summed E-state index contributed by atoms with van der Waals surface area (Å²) in [4.78, 5) is 49.5. The first-order valence-corrected chi connectivity index (χ1v) is 9.68. The van der Waals surface area contributed by atoms with Gasteiger partial charge in [-0.15, -0.1) is 0 Å². The number of carboxylic acids is 1. The molecule has 2 amide bonds. The number of carboxylic acid groups (broad SMARTS) is 1. The minimum absolute atomic E-state index is 0.0952. The highest BCUT2D eigenvalue weighted by molar-refractivity contribution is 5.96. The highest BCUT2D eigenvalue weighted by Gasteiger charge is 2.17. The summed E-state index contributed by atoms with van der Waals surface area (Å²) in [6, 6.07) is 17.6. The molecule has 2 aromatic carbocycles. The van der Waals surface area contributed by atoms with Crippen LogP contribution in [-0.4, -0.2) is 34.1 Å².